The van der Waals surface area contributed by atoms with Crippen LogP contribution in [0.1, 0.15) is 6.42 Å². The van der Waals surface area contributed by atoms with Crippen LogP contribution >= 0.6 is 23.2 Å². The zero-order chi connectivity index (χ0) is 8.86. The van der Waals surface area contributed by atoms with Crippen molar-refractivity contribution in [3.8, 4) is 0 Å². The van der Waals surface area contributed by atoms with Crippen molar-refractivity contribution in [1.29, 1.82) is 0 Å². The van der Waals surface area contributed by atoms with Gasteiger partial charge < -0.3 is 0 Å². The Hall–Kier alpha value is 0.0400. The number of alkyl halides is 4. The molecule has 0 bridgehead atoms. The third-order valence-corrected chi connectivity index (χ3v) is 2.21. The molecule has 6 heteroatoms. The Bertz CT molecular complexity index is 217. The molecule has 0 aliphatic heterocycles. The number of allylic oxidation sites excluding steroid dienone is 1. The summed E-state index contributed by atoms with van der Waals surface area (Å²) >= 11 is 9.97. The van der Waals surface area contributed by atoms with Gasteiger partial charge in [-0.1, -0.05) is 23.2 Å². The minimum atomic E-state index is -3.78. The largest absolute Gasteiger partial charge is 0.307 e. The molecule has 0 heterocycles. The van der Waals surface area contributed by atoms with Crippen LogP contribution in [0.2, 0.25) is 0 Å². The number of hydrogen-bond acceptors (Lipinski definition) is 0. The van der Waals surface area contributed by atoms with E-state index in [-0.39, 0.29) is 0 Å². The van der Waals surface area contributed by atoms with E-state index in [0.717, 1.165) is 0 Å². The van der Waals surface area contributed by atoms with Gasteiger partial charge in [-0.3, -0.25) is 0 Å². The molecule has 0 unspecified atom stereocenters. The van der Waals surface area contributed by atoms with Gasteiger partial charge in [0.05, 0.1) is 5.57 Å². The van der Waals surface area contributed by atoms with Gasteiger partial charge in [0, 0.05) is 6.42 Å². The fraction of sp³-hybridized carbons (Fsp3) is 0.600. The summed E-state index contributed by atoms with van der Waals surface area (Å²) in [5.74, 6) is -3.78. The van der Waals surface area contributed by atoms with Crippen molar-refractivity contribution in [2.24, 2.45) is 0 Å². The zero-order valence-corrected chi connectivity index (χ0v) is 6.49. The average molecular weight is 209 g/mol. The maximum Gasteiger partial charge on any atom is 0.307 e. The summed E-state index contributed by atoms with van der Waals surface area (Å²) in [6, 6.07) is 0. The van der Waals surface area contributed by atoms with Crippen LogP contribution in [0.15, 0.2) is 11.7 Å². The highest BCUT2D eigenvalue weighted by Gasteiger charge is 2.66. The fourth-order valence-electron chi connectivity index (χ4n) is 0.744. The van der Waals surface area contributed by atoms with Crippen molar-refractivity contribution in [2.75, 3.05) is 0 Å². The van der Waals surface area contributed by atoms with Crippen molar-refractivity contribution in [2.45, 2.75) is 16.7 Å². The van der Waals surface area contributed by atoms with Gasteiger partial charge in [-0.15, -0.1) is 0 Å². The number of rotatable bonds is 0. The van der Waals surface area contributed by atoms with Crippen LogP contribution < -0.4 is 0 Å². The molecule has 0 spiro atoms. The molecule has 0 amide bonds. The summed E-state index contributed by atoms with van der Waals surface area (Å²) < 4.78 is 45.7. The third kappa shape index (κ3) is 1.12. The van der Waals surface area contributed by atoms with E-state index in [1.54, 1.807) is 0 Å². The van der Waals surface area contributed by atoms with Crippen LogP contribution in [-0.4, -0.2) is 10.3 Å². The van der Waals surface area contributed by atoms with E-state index in [4.69, 9.17) is 23.2 Å². The Morgan fingerprint density at radius 1 is 1.27 bits per heavy atom. The van der Waals surface area contributed by atoms with E-state index in [1.807, 2.05) is 0 Å². The summed E-state index contributed by atoms with van der Waals surface area (Å²) in [5.41, 5.74) is -1.26. The van der Waals surface area contributed by atoms with E-state index in [9.17, 15) is 17.6 Å². The molecule has 1 fully saturated rings. The predicted octanol–water partition coefficient (Wildman–Crippen LogP) is 3.35. The summed E-state index contributed by atoms with van der Waals surface area (Å²) in [4.78, 5) is 0. The minimum Gasteiger partial charge on any atom is -0.198 e. The standard InChI is InChI=1S/C5H2Cl2F4/c6-4(7)1-2(3(8)9)5(4,10)11/h1H2. The van der Waals surface area contributed by atoms with E-state index < -0.39 is 28.3 Å². The summed E-state index contributed by atoms with van der Waals surface area (Å²) in [6.45, 7) is 0. The SMILES string of the molecule is FC(F)=C1CC(Cl)(Cl)C1(F)F. The van der Waals surface area contributed by atoms with Gasteiger partial charge in [0.15, 0.2) is 4.33 Å². The first-order valence-electron chi connectivity index (χ1n) is 2.59. The van der Waals surface area contributed by atoms with Gasteiger partial charge >= 0.3 is 5.92 Å². The molecule has 0 atom stereocenters. The van der Waals surface area contributed by atoms with Crippen molar-refractivity contribution >= 4 is 23.2 Å². The zero-order valence-electron chi connectivity index (χ0n) is 4.97. The van der Waals surface area contributed by atoms with Gasteiger partial charge in [-0.05, 0) is 0 Å². The van der Waals surface area contributed by atoms with Crippen LogP contribution in [0.5, 0.6) is 0 Å². The normalized spacial score (nSPS) is 26.2. The van der Waals surface area contributed by atoms with Gasteiger partial charge in [0.2, 0.25) is 0 Å². The topological polar surface area (TPSA) is 0 Å². The highest BCUT2D eigenvalue weighted by Crippen LogP contribution is 2.59. The van der Waals surface area contributed by atoms with E-state index in [1.165, 1.54) is 0 Å². The van der Waals surface area contributed by atoms with E-state index in [2.05, 4.69) is 0 Å². The molecule has 1 rings (SSSR count). The second-order valence-corrected chi connectivity index (χ2v) is 3.68. The quantitative estimate of drug-likeness (QED) is 0.423. The van der Waals surface area contributed by atoms with Crippen molar-refractivity contribution < 1.29 is 17.6 Å². The van der Waals surface area contributed by atoms with Gasteiger partial charge in [-0.2, -0.15) is 17.6 Å². The molecule has 64 valence electrons. The molecule has 0 aromatic carbocycles. The first kappa shape index (κ1) is 9.13. The lowest BCUT2D eigenvalue weighted by molar-refractivity contribution is -0.0289. The molecule has 1 aliphatic rings. The van der Waals surface area contributed by atoms with Crippen LogP contribution in [0.4, 0.5) is 17.6 Å². The Kier molecular flexibility index (Phi) is 1.88. The monoisotopic (exact) mass is 208 g/mol. The van der Waals surface area contributed by atoms with Crippen molar-refractivity contribution in [3.05, 3.63) is 11.7 Å². The molecule has 0 saturated heterocycles. The molecule has 1 aliphatic carbocycles. The van der Waals surface area contributed by atoms with Gasteiger partial charge in [-0.25, -0.2) is 0 Å². The number of halogens is 6. The van der Waals surface area contributed by atoms with Gasteiger partial charge in [0.1, 0.15) is 0 Å². The molecule has 0 aromatic rings. The molecular weight excluding hydrogens is 207 g/mol. The molecule has 0 N–H and O–H groups in total. The molecule has 0 nitrogen and oxygen atoms in total. The first-order valence-corrected chi connectivity index (χ1v) is 3.35. The lowest BCUT2D eigenvalue weighted by atomic mass is 9.87. The predicted molar refractivity (Wildman–Crippen MR) is 33.2 cm³/mol. The molecule has 1 saturated carbocycles. The molecule has 11 heavy (non-hydrogen) atoms. The Morgan fingerprint density at radius 3 is 1.82 bits per heavy atom. The van der Waals surface area contributed by atoms with E-state index in [0.29, 0.717) is 0 Å². The molecule has 0 radical (unpaired) electrons. The minimum absolute atomic E-state index is 0.675. The summed E-state index contributed by atoms with van der Waals surface area (Å²) in [6.07, 6.45) is -3.07. The number of hydrogen-bond donors (Lipinski definition) is 0. The van der Waals surface area contributed by atoms with E-state index >= 15 is 0 Å². The maximum atomic E-state index is 12.4. The molecule has 0 aromatic heterocycles. The second-order valence-electron chi connectivity index (χ2n) is 2.19. The van der Waals surface area contributed by atoms with Gasteiger partial charge in [0.25, 0.3) is 6.08 Å². The highest BCUT2D eigenvalue weighted by atomic mass is 35.5. The summed E-state index contributed by atoms with van der Waals surface area (Å²) in [7, 11) is 0. The lowest BCUT2D eigenvalue weighted by Gasteiger charge is -2.40. The maximum absolute atomic E-state index is 12.4. The van der Waals surface area contributed by atoms with Crippen LogP contribution in [0, 0.1) is 0 Å². The highest BCUT2D eigenvalue weighted by molar-refractivity contribution is 6.50. The van der Waals surface area contributed by atoms with Crippen LogP contribution in [0.3, 0.4) is 0 Å². The second kappa shape index (κ2) is 2.26. The van der Waals surface area contributed by atoms with Crippen LogP contribution in [-0.2, 0) is 0 Å². The van der Waals surface area contributed by atoms with Crippen molar-refractivity contribution in [3.63, 3.8) is 0 Å². The van der Waals surface area contributed by atoms with Crippen LogP contribution in [0.25, 0.3) is 0 Å². The fourth-order valence-corrected chi connectivity index (χ4v) is 1.24. The third-order valence-electron chi connectivity index (χ3n) is 1.47. The Labute approximate surface area is 69.8 Å². The first-order chi connectivity index (χ1) is 4.79. The lowest BCUT2D eigenvalue weighted by Crippen LogP contribution is -2.51. The van der Waals surface area contributed by atoms with Crippen molar-refractivity contribution in [1.82, 2.24) is 0 Å². The smallest absolute Gasteiger partial charge is 0.198 e. The average Bonchev–Trinajstić information content (AvgIpc) is 1.82. The Morgan fingerprint density at radius 2 is 1.73 bits per heavy atom. The Balaban J connectivity index is 2.95. The summed E-state index contributed by atoms with van der Waals surface area (Å²) in [5, 5.41) is 0. The molecular formula is C5H2Cl2F4.